The van der Waals surface area contributed by atoms with Gasteiger partial charge in [0.25, 0.3) is 5.91 Å². The third-order valence-corrected chi connectivity index (χ3v) is 4.00. The number of benzene rings is 2. The largest absolute Gasteiger partial charge is 0.495 e. The van der Waals surface area contributed by atoms with Crippen LogP contribution in [-0.4, -0.2) is 36.0 Å². The van der Waals surface area contributed by atoms with E-state index in [1.165, 1.54) is 26.2 Å². The van der Waals surface area contributed by atoms with E-state index in [2.05, 4.69) is 10.6 Å². The minimum atomic E-state index is -1.17. The molecule has 0 aliphatic carbocycles. The molecule has 2 aromatic rings. The summed E-state index contributed by atoms with van der Waals surface area (Å²) in [5.41, 5.74) is 1.32. The molecule has 0 saturated carbocycles. The molecule has 0 aliphatic rings. The average Bonchev–Trinajstić information content (AvgIpc) is 2.60. The van der Waals surface area contributed by atoms with E-state index in [0.29, 0.717) is 22.0 Å². The first-order chi connectivity index (χ1) is 12.8. The van der Waals surface area contributed by atoms with Crippen molar-refractivity contribution in [2.24, 2.45) is 0 Å². The number of amides is 2. The number of carboxylic acids is 1. The number of carbonyl (C=O) groups is 3. The van der Waals surface area contributed by atoms with Crippen molar-refractivity contribution >= 4 is 35.1 Å². The molecule has 0 fully saturated rings. The van der Waals surface area contributed by atoms with Crippen LogP contribution in [0.5, 0.6) is 5.75 Å². The fourth-order valence-electron chi connectivity index (χ4n) is 2.46. The third-order valence-electron chi connectivity index (χ3n) is 3.70. The normalized spacial score (nSPS) is 11.4. The Hall–Kier alpha value is -3.06. The molecule has 0 heterocycles. The van der Waals surface area contributed by atoms with E-state index in [-0.39, 0.29) is 17.9 Å². The number of hydrogen-bond acceptors (Lipinski definition) is 4. The van der Waals surface area contributed by atoms with Crippen molar-refractivity contribution in [2.45, 2.75) is 19.4 Å². The van der Waals surface area contributed by atoms with Gasteiger partial charge < -0.3 is 20.5 Å². The average molecular weight is 391 g/mol. The number of halogens is 1. The maximum Gasteiger partial charge on any atom is 0.326 e. The standard InChI is InChI=1S/C19H19ClN2O5/c1-11(23)21-14-5-3-4-13(10-14)18(24)22-16(19(25)26)9-12-6-7-17(27-2)15(20)8-12/h3-8,10,16H,9H2,1-2H3,(H,21,23)(H,22,24)(H,25,26)/t16-/m0/s1. The summed E-state index contributed by atoms with van der Waals surface area (Å²) >= 11 is 6.06. The number of anilines is 1. The lowest BCUT2D eigenvalue weighted by molar-refractivity contribution is -0.139. The molecule has 0 aliphatic heterocycles. The van der Waals surface area contributed by atoms with Crippen LogP contribution in [0.1, 0.15) is 22.8 Å². The molecule has 0 aromatic heterocycles. The molecular formula is C19H19ClN2O5. The highest BCUT2D eigenvalue weighted by Gasteiger charge is 2.22. The highest BCUT2D eigenvalue weighted by atomic mass is 35.5. The lowest BCUT2D eigenvalue weighted by atomic mass is 10.0. The topological polar surface area (TPSA) is 105 Å². The number of carboxylic acid groups (broad SMARTS) is 1. The summed E-state index contributed by atoms with van der Waals surface area (Å²) in [5, 5.41) is 14.9. The second-order valence-electron chi connectivity index (χ2n) is 5.80. The Morgan fingerprint density at radius 3 is 2.52 bits per heavy atom. The first-order valence-corrected chi connectivity index (χ1v) is 8.41. The second-order valence-corrected chi connectivity index (χ2v) is 6.21. The van der Waals surface area contributed by atoms with Crippen molar-refractivity contribution in [3.05, 3.63) is 58.6 Å². The molecule has 142 valence electrons. The minimum absolute atomic E-state index is 0.0518. The molecule has 8 heteroatoms. The first kappa shape index (κ1) is 20.3. The number of rotatable bonds is 7. The quantitative estimate of drug-likeness (QED) is 0.674. The summed E-state index contributed by atoms with van der Waals surface area (Å²) in [7, 11) is 1.48. The molecule has 1 atom stereocenters. The summed E-state index contributed by atoms with van der Waals surface area (Å²) in [4.78, 5) is 35.1. The lowest BCUT2D eigenvalue weighted by Gasteiger charge is -2.16. The van der Waals surface area contributed by atoms with E-state index < -0.39 is 17.9 Å². The van der Waals surface area contributed by atoms with Crippen LogP contribution >= 0.6 is 11.6 Å². The van der Waals surface area contributed by atoms with Crippen LogP contribution in [0.25, 0.3) is 0 Å². The summed E-state index contributed by atoms with van der Waals surface area (Å²) in [5.74, 6) is -1.53. The van der Waals surface area contributed by atoms with Gasteiger partial charge in [-0.1, -0.05) is 23.7 Å². The molecule has 7 nitrogen and oxygen atoms in total. The molecule has 0 radical (unpaired) electrons. The van der Waals surface area contributed by atoms with Gasteiger partial charge in [0, 0.05) is 24.6 Å². The van der Waals surface area contributed by atoms with E-state index in [1.807, 2.05) is 0 Å². The molecular weight excluding hydrogens is 372 g/mol. The Kier molecular flexibility index (Phi) is 6.79. The smallest absolute Gasteiger partial charge is 0.326 e. The van der Waals surface area contributed by atoms with Gasteiger partial charge >= 0.3 is 5.97 Å². The Morgan fingerprint density at radius 1 is 1.19 bits per heavy atom. The van der Waals surface area contributed by atoms with Crippen molar-refractivity contribution < 1.29 is 24.2 Å². The molecule has 2 aromatic carbocycles. The number of hydrogen-bond donors (Lipinski definition) is 3. The molecule has 2 amide bonds. The molecule has 0 unspecified atom stereocenters. The third kappa shape index (κ3) is 5.72. The highest BCUT2D eigenvalue weighted by Crippen LogP contribution is 2.25. The zero-order chi connectivity index (χ0) is 20.0. The number of methoxy groups -OCH3 is 1. The second kappa shape index (κ2) is 9.05. The first-order valence-electron chi connectivity index (χ1n) is 8.04. The molecule has 0 bridgehead atoms. The number of nitrogens with one attached hydrogen (secondary N) is 2. The fourth-order valence-corrected chi connectivity index (χ4v) is 2.74. The van der Waals surface area contributed by atoms with Gasteiger partial charge in [0.05, 0.1) is 12.1 Å². The van der Waals surface area contributed by atoms with Crippen molar-refractivity contribution in [1.29, 1.82) is 0 Å². The maximum atomic E-state index is 12.4. The minimum Gasteiger partial charge on any atom is -0.495 e. The number of carbonyl (C=O) groups excluding carboxylic acids is 2. The summed E-state index contributed by atoms with van der Waals surface area (Å²) in [6.45, 7) is 1.35. The van der Waals surface area contributed by atoms with E-state index in [0.717, 1.165) is 0 Å². The van der Waals surface area contributed by atoms with Crippen molar-refractivity contribution in [2.75, 3.05) is 12.4 Å². The highest BCUT2D eigenvalue weighted by molar-refractivity contribution is 6.32. The zero-order valence-electron chi connectivity index (χ0n) is 14.8. The van der Waals surface area contributed by atoms with Crippen LogP contribution in [0.15, 0.2) is 42.5 Å². The Morgan fingerprint density at radius 2 is 1.93 bits per heavy atom. The monoisotopic (exact) mass is 390 g/mol. The Labute approximate surface area is 161 Å². The fraction of sp³-hybridized carbons (Fsp3) is 0.211. The van der Waals surface area contributed by atoms with Gasteiger partial charge in [-0.3, -0.25) is 9.59 Å². The SMILES string of the molecule is COc1ccc(C[C@H](NC(=O)c2cccc(NC(C)=O)c2)C(=O)O)cc1Cl. The Bertz CT molecular complexity index is 869. The van der Waals surface area contributed by atoms with Gasteiger partial charge in [0.1, 0.15) is 11.8 Å². The van der Waals surface area contributed by atoms with Crippen molar-refractivity contribution in [3.8, 4) is 5.75 Å². The molecule has 27 heavy (non-hydrogen) atoms. The number of aliphatic carboxylic acids is 1. The van der Waals surface area contributed by atoms with Gasteiger partial charge in [-0.05, 0) is 35.9 Å². The van der Waals surface area contributed by atoms with E-state index in [4.69, 9.17) is 16.3 Å². The van der Waals surface area contributed by atoms with Crippen LogP contribution in [0, 0.1) is 0 Å². The molecule has 0 saturated heterocycles. The molecule has 3 N–H and O–H groups in total. The summed E-state index contributed by atoms with van der Waals surface area (Å²) in [6, 6.07) is 10.0. The Balaban J connectivity index is 2.14. The van der Waals surface area contributed by atoms with Crippen LogP contribution in [0.2, 0.25) is 5.02 Å². The van der Waals surface area contributed by atoms with Crippen molar-refractivity contribution in [3.63, 3.8) is 0 Å². The van der Waals surface area contributed by atoms with Gasteiger partial charge in [0.15, 0.2) is 0 Å². The van der Waals surface area contributed by atoms with Crippen LogP contribution in [-0.2, 0) is 16.0 Å². The van der Waals surface area contributed by atoms with E-state index in [1.54, 1.807) is 30.3 Å². The predicted octanol–water partition coefficient (Wildman–Crippen LogP) is 2.73. The summed E-state index contributed by atoms with van der Waals surface area (Å²) in [6.07, 6.45) is 0.0518. The van der Waals surface area contributed by atoms with Gasteiger partial charge in [-0.25, -0.2) is 4.79 Å². The molecule has 2 rings (SSSR count). The van der Waals surface area contributed by atoms with Gasteiger partial charge in [-0.2, -0.15) is 0 Å². The van der Waals surface area contributed by atoms with E-state index >= 15 is 0 Å². The van der Waals surface area contributed by atoms with Crippen molar-refractivity contribution in [1.82, 2.24) is 5.32 Å². The zero-order valence-corrected chi connectivity index (χ0v) is 15.5. The van der Waals surface area contributed by atoms with Crippen LogP contribution in [0.4, 0.5) is 5.69 Å². The summed E-state index contributed by atoms with van der Waals surface area (Å²) < 4.78 is 5.07. The van der Waals surface area contributed by atoms with E-state index in [9.17, 15) is 19.5 Å². The predicted molar refractivity (Wildman–Crippen MR) is 101 cm³/mol. The lowest BCUT2D eigenvalue weighted by Crippen LogP contribution is -2.42. The van der Waals surface area contributed by atoms with Crippen LogP contribution in [0.3, 0.4) is 0 Å². The van der Waals surface area contributed by atoms with Crippen LogP contribution < -0.4 is 15.4 Å². The maximum absolute atomic E-state index is 12.4. The molecule has 0 spiro atoms. The van der Waals surface area contributed by atoms with Gasteiger partial charge in [-0.15, -0.1) is 0 Å². The van der Waals surface area contributed by atoms with Gasteiger partial charge in [0.2, 0.25) is 5.91 Å². The number of ether oxygens (including phenoxy) is 1.